The van der Waals surface area contributed by atoms with E-state index in [1.165, 1.54) is 6.07 Å². The third-order valence-electron chi connectivity index (χ3n) is 5.02. The number of sulfonamides is 1. The molecule has 0 atom stereocenters. The average Bonchev–Trinajstić information content (AvgIpc) is 3.27. The molecule has 0 saturated heterocycles. The number of amides is 1. The Hall–Kier alpha value is -2.15. The summed E-state index contributed by atoms with van der Waals surface area (Å²) in [5.41, 5.74) is 3.81. The van der Waals surface area contributed by atoms with E-state index >= 15 is 0 Å². The summed E-state index contributed by atoms with van der Waals surface area (Å²) in [6.45, 7) is 0.101. The zero-order valence-corrected chi connectivity index (χ0v) is 16.2. The summed E-state index contributed by atoms with van der Waals surface area (Å²) in [5, 5.41) is 3.35. The molecule has 5 nitrogen and oxygen atoms in total. The second-order valence-electron chi connectivity index (χ2n) is 6.76. The molecule has 0 unspecified atom stereocenters. The maximum Gasteiger partial charge on any atom is 0.256 e. The fourth-order valence-electron chi connectivity index (χ4n) is 3.61. The molecule has 0 radical (unpaired) electrons. The van der Waals surface area contributed by atoms with Crippen LogP contribution in [0.1, 0.15) is 36.8 Å². The van der Waals surface area contributed by atoms with Crippen molar-refractivity contribution in [2.45, 2.75) is 37.1 Å². The Morgan fingerprint density at radius 2 is 1.81 bits per heavy atom. The minimum atomic E-state index is -3.73. The number of halogens is 1. The van der Waals surface area contributed by atoms with E-state index in [4.69, 9.17) is 11.6 Å². The number of carbonyl (C=O) groups excluding carboxylic acids is 1. The first-order chi connectivity index (χ1) is 13.0. The largest absolute Gasteiger partial charge is 0.321 e. The van der Waals surface area contributed by atoms with Gasteiger partial charge in [-0.2, -0.15) is 0 Å². The van der Waals surface area contributed by atoms with Crippen LogP contribution in [-0.2, 0) is 21.4 Å². The first-order valence-electron chi connectivity index (χ1n) is 8.86. The Labute approximate surface area is 163 Å². The fourth-order valence-corrected chi connectivity index (χ4v) is 4.85. The second-order valence-corrected chi connectivity index (χ2v) is 8.94. The third kappa shape index (κ3) is 3.52. The van der Waals surface area contributed by atoms with Crippen molar-refractivity contribution in [3.8, 4) is 0 Å². The van der Waals surface area contributed by atoms with Crippen LogP contribution < -0.4 is 10.0 Å². The average molecular weight is 403 g/mol. The van der Waals surface area contributed by atoms with Crippen LogP contribution in [0.3, 0.4) is 0 Å². The normalized spacial score (nSPS) is 16.6. The van der Waals surface area contributed by atoms with E-state index in [0.29, 0.717) is 27.4 Å². The predicted octanol–water partition coefficient (Wildman–Crippen LogP) is 4.10. The highest BCUT2D eigenvalue weighted by molar-refractivity contribution is 7.89. The van der Waals surface area contributed by atoms with Gasteiger partial charge in [-0.3, -0.25) is 4.79 Å². The SMILES string of the molecule is O=C1Nc2ccc(S(=O)(=O)NCc3ccccc3Cl)cc2C1=C1CCCC1. The molecule has 1 heterocycles. The van der Waals surface area contributed by atoms with Crippen LogP contribution in [0.2, 0.25) is 5.02 Å². The predicted molar refractivity (Wildman–Crippen MR) is 106 cm³/mol. The van der Waals surface area contributed by atoms with Crippen molar-refractivity contribution >= 4 is 38.8 Å². The lowest BCUT2D eigenvalue weighted by atomic mass is 10.00. The van der Waals surface area contributed by atoms with Gasteiger partial charge in [-0.25, -0.2) is 13.1 Å². The Morgan fingerprint density at radius 3 is 2.56 bits per heavy atom. The number of fused-ring (bicyclic) bond motifs is 1. The summed E-state index contributed by atoms with van der Waals surface area (Å²) in [7, 11) is -3.73. The van der Waals surface area contributed by atoms with Gasteiger partial charge in [-0.1, -0.05) is 35.4 Å². The zero-order chi connectivity index (χ0) is 19.0. The lowest BCUT2D eigenvalue weighted by Crippen LogP contribution is -2.23. The maximum atomic E-state index is 12.8. The molecule has 1 aliphatic carbocycles. The minimum Gasteiger partial charge on any atom is -0.321 e. The highest BCUT2D eigenvalue weighted by Crippen LogP contribution is 2.40. The molecule has 140 valence electrons. The first kappa shape index (κ1) is 18.2. The Kier molecular flexibility index (Phi) is 4.80. The Morgan fingerprint density at radius 1 is 1.07 bits per heavy atom. The van der Waals surface area contributed by atoms with Crippen LogP contribution in [0.15, 0.2) is 52.9 Å². The van der Waals surface area contributed by atoms with E-state index in [-0.39, 0.29) is 17.3 Å². The van der Waals surface area contributed by atoms with Crippen molar-refractivity contribution in [1.82, 2.24) is 4.72 Å². The van der Waals surface area contributed by atoms with Crippen LogP contribution >= 0.6 is 11.6 Å². The monoisotopic (exact) mass is 402 g/mol. The zero-order valence-electron chi connectivity index (χ0n) is 14.6. The molecule has 1 aliphatic heterocycles. The number of hydrogen-bond acceptors (Lipinski definition) is 3. The number of anilines is 1. The van der Waals surface area contributed by atoms with E-state index in [1.807, 2.05) is 6.07 Å². The molecule has 0 aromatic heterocycles. The highest BCUT2D eigenvalue weighted by Gasteiger charge is 2.30. The molecule has 1 fully saturated rings. The summed E-state index contributed by atoms with van der Waals surface area (Å²) < 4.78 is 28.1. The summed E-state index contributed by atoms with van der Waals surface area (Å²) in [5.74, 6) is -0.138. The minimum absolute atomic E-state index is 0.101. The quantitative estimate of drug-likeness (QED) is 0.756. The molecule has 7 heteroatoms. The fraction of sp³-hybridized carbons (Fsp3) is 0.250. The smallest absolute Gasteiger partial charge is 0.256 e. The van der Waals surface area contributed by atoms with Gasteiger partial charge in [0.25, 0.3) is 5.91 Å². The van der Waals surface area contributed by atoms with E-state index in [1.54, 1.807) is 30.3 Å². The van der Waals surface area contributed by atoms with Crippen molar-refractivity contribution < 1.29 is 13.2 Å². The molecule has 0 bridgehead atoms. The van der Waals surface area contributed by atoms with Gasteiger partial charge >= 0.3 is 0 Å². The van der Waals surface area contributed by atoms with E-state index in [2.05, 4.69) is 10.0 Å². The molecule has 2 aromatic carbocycles. The standard InChI is InChI=1S/C20H19ClN2O3S/c21-17-8-4-3-7-14(17)12-22-27(25,26)15-9-10-18-16(11-15)19(20(24)23-18)13-5-1-2-6-13/h3-4,7-11,22H,1-2,5-6,12H2,(H,23,24). The van der Waals surface area contributed by atoms with Crippen LogP contribution in [0.4, 0.5) is 5.69 Å². The number of hydrogen-bond donors (Lipinski definition) is 2. The van der Waals surface area contributed by atoms with Crippen LogP contribution in [0.25, 0.3) is 5.57 Å². The van der Waals surface area contributed by atoms with Crippen molar-refractivity contribution in [2.24, 2.45) is 0 Å². The van der Waals surface area contributed by atoms with E-state index in [9.17, 15) is 13.2 Å². The lowest BCUT2D eigenvalue weighted by molar-refractivity contribution is -0.110. The van der Waals surface area contributed by atoms with Crippen molar-refractivity contribution in [2.75, 3.05) is 5.32 Å². The maximum absolute atomic E-state index is 12.8. The topological polar surface area (TPSA) is 75.3 Å². The van der Waals surface area contributed by atoms with Gasteiger partial charge < -0.3 is 5.32 Å². The molecule has 2 aliphatic rings. The van der Waals surface area contributed by atoms with Crippen molar-refractivity contribution in [3.63, 3.8) is 0 Å². The van der Waals surface area contributed by atoms with Gasteiger partial charge in [0.05, 0.1) is 4.90 Å². The molecule has 4 rings (SSSR count). The summed E-state index contributed by atoms with van der Waals surface area (Å²) in [6, 6.07) is 11.8. The van der Waals surface area contributed by atoms with Crippen molar-refractivity contribution in [3.05, 3.63) is 64.2 Å². The Balaban J connectivity index is 1.64. The van der Waals surface area contributed by atoms with Crippen LogP contribution in [-0.4, -0.2) is 14.3 Å². The van der Waals surface area contributed by atoms with Gasteiger partial charge in [0.15, 0.2) is 0 Å². The van der Waals surface area contributed by atoms with Gasteiger partial charge in [-0.15, -0.1) is 0 Å². The first-order valence-corrected chi connectivity index (χ1v) is 10.7. The molecule has 1 saturated carbocycles. The van der Waals surface area contributed by atoms with Gasteiger partial charge in [0.1, 0.15) is 0 Å². The number of allylic oxidation sites excluding steroid dienone is 1. The van der Waals surface area contributed by atoms with Crippen LogP contribution in [0, 0.1) is 0 Å². The number of benzene rings is 2. The molecule has 2 aromatic rings. The summed E-state index contributed by atoms with van der Waals surface area (Å²) in [4.78, 5) is 12.5. The van der Waals surface area contributed by atoms with E-state index < -0.39 is 10.0 Å². The highest BCUT2D eigenvalue weighted by atomic mass is 35.5. The number of nitrogens with one attached hydrogen (secondary N) is 2. The molecule has 1 amide bonds. The molecular formula is C20H19ClN2O3S. The summed E-state index contributed by atoms with van der Waals surface area (Å²) in [6.07, 6.45) is 3.92. The lowest BCUT2D eigenvalue weighted by Gasteiger charge is -2.10. The van der Waals surface area contributed by atoms with Crippen LogP contribution in [0.5, 0.6) is 0 Å². The third-order valence-corrected chi connectivity index (χ3v) is 6.78. The molecule has 0 spiro atoms. The second kappa shape index (κ2) is 7.11. The molecular weight excluding hydrogens is 384 g/mol. The number of carbonyl (C=O) groups is 1. The molecule has 27 heavy (non-hydrogen) atoms. The Bertz CT molecular complexity index is 1050. The van der Waals surface area contributed by atoms with E-state index in [0.717, 1.165) is 31.3 Å². The molecule has 2 N–H and O–H groups in total. The van der Waals surface area contributed by atoms with Gasteiger partial charge in [0.2, 0.25) is 10.0 Å². The number of rotatable bonds is 4. The van der Waals surface area contributed by atoms with Gasteiger partial charge in [0, 0.05) is 28.4 Å². The van der Waals surface area contributed by atoms with Gasteiger partial charge in [-0.05, 0) is 55.5 Å². The van der Waals surface area contributed by atoms with Crippen molar-refractivity contribution in [1.29, 1.82) is 0 Å². The summed E-state index contributed by atoms with van der Waals surface area (Å²) >= 11 is 6.10.